The number of rotatable bonds is 12. The van der Waals surface area contributed by atoms with Gasteiger partial charge in [-0.2, -0.15) is 0 Å². The number of allylic oxidation sites excluding steroid dienone is 3. The second-order valence-electron chi connectivity index (χ2n) is 24.4. The number of aliphatic carboxylic acids is 1. The first-order chi connectivity index (χ1) is 32.5. The summed E-state index contributed by atoms with van der Waals surface area (Å²) >= 11 is 0. The molecule has 69 heavy (non-hydrogen) atoms. The summed E-state index contributed by atoms with van der Waals surface area (Å²) in [6, 6.07) is -0.666. The van der Waals surface area contributed by atoms with Crippen LogP contribution < -0.4 is 11.1 Å². The molecule has 6 fully saturated rings. The quantitative estimate of drug-likeness (QED) is 0.0812. The van der Waals surface area contributed by atoms with E-state index in [1.165, 1.54) is 0 Å². The van der Waals surface area contributed by atoms with Crippen molar-refractivity contribution in [2.45, 2.75) is 160 Å². The van der Waals surface area contributed by atoms with Gasteiger partial charge in [-0.1, -0.05) is 71.8 Å². The number of aromatic amines is 1. The molecule has 0 spiro atoms. The normalized spacial score (nSPS) is 51.8. The smallest absolute Gasteiger partial charge is 0.310 e. The Morgan fingerprint density at radius 2 is 1.74 bits per heavy atom. The van der Waals surface area contributed by atoms with Gasteiger partial charge in [-0.15, -0.1) is 0 Å². The minimum atomic E-state index is -1.68. The van der Waals surface area contributed by atoms with Crippen LogP contribution in [0.5, 0.6) is 0 Å². The molecule has 17 heteroatoms. The number of carboxylic acids is 1. The molecule has 4 saturated carbocycles. The third kappa shape index (κ3) is 7.05. The van der Waals surface area contributed by atoms with Crippen molar-refractivity contribution in [3.8, 4) is 0 Å². The molecule has 1 amide bonds. The van der Waals surface area contributed by atoms with Gasteiger partial charge in [0, 0.05) is 35.9 Å². The molecular formula is C52H80N4O13. The molecule has 2 saturated heterocycles. The number of aromatic nitrogens is 2. The lowest BCUT2D eigenvalue weighted by Gasteiger charge is -2.75. The molecule has 6 aliphatic carbocycles. The lowest BCUT2D eigenvalue weighted by Crippen LogP contribution is -2.74. The zero-order valence-corrected chi connectivity index (χ0v) is 41.2. The van der Waals surface area contributed by atoms with E-state index in [1.54, 1.807) is 12.5 Å². The molecule has 13 N–H and O–H groups in total. The molecule has 9 rings (SSSR count). The highest BCUT2D eigenvalue weighted by Gasteiger charge is 2.76. The Hall–Kier alpha value is -2.81. The molecule has 0 bridgehead atoms. The van der Waals surface area contributed by atoms with Crippen LogP contribution in [-0.2, 0) is 24.5 Å². The number of nitrogens with one attached hydrogen (secondary N) is 2. The molecule has 0 radical (unpaired) electrons. The lowest BCUT2D eigenvalue weighted by molar-refractivity contribution is -0.344. The number of carbonyl (C=O) groups is 2. The summed E-state index contributed by atoms with van der Waals surface area (Å²) in [5.74, 6) is -4.94. The number of aliphatic hydroxyl groups excluding tert-OH is 8. The van der Waals surface area contributed by atoms with Crippen LogP contribution in [0.15, 0.2) is 36.3 Å². The van der Waals surface area contributed by atoms with Crippen LogP contribution >= 0.6 is 0 Å². The van der Waals surface area contributed by atoms with Crippen molar-refractivity contribution in [1.82, 2.24) is 15.3 Å². The van der Waals surface area contributed by atoms with Gasteiger partial charge in [0.1, 0.15) is 24.5 Å². The number of fused-ring (bicyclic) bond motifs is 8. The maximum Gasteiger partial charge on any atom is 0.310 e. The Morgan fingerprint density at radius 3 is 2.36 bits per heavy atom. The van der Waals surface area contributed by atoms with Crippen molar-refractivity contribution in [3.05, 3.63) is 42.0 Å². The largest absolute Gasteiger partial charge is 0.481 e. The maximum atomic E-state index is 14.3. The van der Waals surface area contributed by atoms with Gasteiger partial charge in [-0.3, -0.25) is 9.59 Å². The molecule has 17 nitrogen and oxygen atoms in total. The van der Waals surface area contributed by atoms with Gasteiger partial charge >= 0.3 is 5.97 Å². The summed E-state index contributed by atoms with van der Waals surface area (Å²) in [7, 11) is 0. The van der Waals surface area contributed by atoms with Gasteiger partial charge in [0.05, 0.1) is 55.1 Å². The Balaban J connectivity index is 1.25. The van der Waals surface area contributed by atoms with Gasteiger partial charge in [0.15, 0.2) is 6.29 Å². The Bertz CT molecular complexity index is 2160. The topological polar surface area (TPSA) is 301 Å². The second-order valence-corrected chi connectivity index (χ2v) is 24.4. The monoisotopic (exact) mass is 969 g/mol. The molecule has 0 unspecified atom stereocenters. The van der Waals surface area contributed by atoms with Gasteiger partial charge in [0.2, 0.25) is 5.91 Å². The number of hydrogen-bond acceptors (Lipinski definition) is 14. The Labute approximate surface area is 405 Å². The van der Waals surface area contributed by atoms with Crippen molar-refractivity contribution < 1.29 is 65.0 Å². The molecule has 23 atom stereocenters. The average molecular weight is 969 g/mol. The van der Waals surface area contributed by atoms with Crippen LogP contribution in [0.4, 0.5) is 0 Å². The van der Waals surface area contributed by atoms with Crippen LogP contribution in [0.25, 0.3) is 0 Å². The highest BCUT2D eigenvalue weighted by atomic mass is 16.7. The Morgan fingerprint density at radius 1 is 1.00 bits per heavy atom. The first-order valence-corrected chi connectivity index (χ1v) is 25.7. The first kappa shape index (κ1) is 51.1. The molecule has 0 aromatic carbocycles. The number of H-pyrrole nitrogens is 1. The van der Waals surface area contributed by atoms with Crippen molar-refractivity contribution in [3.63, 3.8) is 0 Å². The minimum absolute atomic E-state index is 0.0242. The summed E-state index contributed by atoms with van der Waals surface area (Å²) in [5, 5.41) is 105. The van der Waals surface area contributed by atoms with E-state index in [9.17, 15) is 55.5 Å². The van der Waals surface area contributed by atoms with E-state index in [0.29, 0.717) is 57.1 Å². The summed E-state index contributed by atoms with van der Waals surface area (Å²) in [6.07, 6.45) is 4.92. The maximum absolute atomic E-state index is 14.3. The number of aliphatic hydroxyl groups is 8. The van der Waals surface area contributed by atoms with E-state index >= 15 is 0 Å². The van der Waals surface area contributed by atoms with E-state index < -0.39 is 130 Å². The average Bonchev–Trinajstić information content (AvgIpc) is 3.99. The first-order valence-electron chi connectivity index (χ1n) is 25.7. The lowest BCUT2D eigenvalue weighted by atomic mass is 9.29. The van der Waals surface area contributed by atoms with E-state index in [0.717, 1.165) is 12.0 Å². The van der Waals surface area contributed by atoms with Crippen molar-refractivity contribution in [2.75, 3.05) is 26.4 Å². The molecule has 2 aliphatic heterocycles. The van der Waals surface area contributed by atoms with Crippen LogP contribution in [0.1, 0.15) is 111 Å². The van der Waals surface area contributed by atoms with Crippen LogP contribution in [0.3, 0.4) is 0 Å². The Kier molecular flexibility index (Phi) is 13.1. The standard InChI is InChI=1S/C52H80N4O13/c1-7-26-18-52(45(66)67)17-16-46(2,23-58)19-30(52)29-8-9-33-48(4,50(26,29)6)13-11-32-47(3,24-59)42(69-44-40(64)38(62)31(60)22-68-44)39(63)37(49(32,33)5)27-10-14-51(15-12-35(53)61,34-20-54-25-55-34)41-36(27)28(21-57)43(65)56-41/h8,10,14,20,25-28,30-33,35-42,44,57-64H,7,9,11-13,15-19,21-24,53H2,1-6H3,(H,54,55)(H,56,65)(H,66,67)/t26-,27-,28+,30-,31+,32+,33-,35-,36-,37+,38-,39+,40+,41-,42+,44-,46-,47-,48+,49-,50+,51-,52-/m0/s1. The van der Waals surface area contributed by atoms with Gasteiger partial charge < -0.3 is 71.5 Å². The van der Waals surface area contributed by atoms with Crippen LogP contribution in [0.2, 0.25) is 0 Å². The van der Waals surface area contributed by atoms with Crippen molar-refractivity contribution in [2.24, 2.45) is 85.6 Å². The molecule has 386 valence electrons. The molecule has 1 aromatic heterocycles. The van der Waals surface area contributed by atoms with Crippen LogP contribution in [-0.4, -0.2) is 143 Å². The fourth-order valence-corrected chi connectivity index (χ4v) is 17.9. The fraction of sp³-hybridized carbons (Fsp3) is 0.827. The molecular weight excluding hydrogens is 889 g/mol. The SMILES string of the molecule is CC[C@H]1C[C@@]2(C(=O)O)CC[C@](C)(CO)C[C@H]2C2=CC[C@@H]3[C@@]4(C)[C@H]([C@H]5C=C[C@](CC[C@@H](N)O)(c6cnc[nH]6)[C@H]6NC(=O)[C@H](CO)[C@H]56)[C@@H](O)[C@@H](O[C@@H]5OC[C@@H](O)[C@H](O)[C@H]5O)[C@@](C)(CO)[C@H]4CC[C@@]3(C)[C@@]21C. The predicted octanol–water partition coefficient (Wildman–Crippen LogP) is 2.10. The number of nitrogens with two attached hydrogens (primary N) is 1. The molecule has 8 aliphatic rings. The number of ether oxygens (including phenoxy) is 2. The van der Waals surface area contributed by atoms with E-state index in [1.807, 2.05) is 13.0 Å². The van der Waals surface area contributed by atoms with Gasteiger partial charge in [-0.05, 0) is 115 Å². The fourth-order valence-electron chi connectivity index (χ4n) is 17.9. The summed E-state index contributed by atoms with van der Waals surface area (Å²) < 4.78 is 12.6. The number of imidazole rings is 1. The van der Waals surface area contributed by atoms with Gasteiger partial charge in [-0.25, -0.2) is 4.98 Å². The summed E-state index contributed by atoms with van der Waals surface area (Å²) in [6.45, 7) is 11.8. The van der Waals surface area contributed by atoms with E-state index in [2.05, 4.69) is 62.1 Å². The van der Waals surface area contributed by atoms with Crippen molar-refractivity contribution in [1.29, 1.82) is 0 Å². The number of nitrogens with zero attached hydrogens (tertiary/aromatic N) is 1. The zero-order chi connectivity index (χ0) is 50.0. The summed E-state index contributed by atoms with van der Waals surface area (Å²) in [4.78, 5) is 35.7. The third-order valence-corrected chi connectivity index (χ3v) is 21.7. The number of carboxylic acid groups (broad SMARTS) is 1. The highest BCUT2D eigenvalue weighted by molar-refractivity contribution is 5.83. The van der Waals surface area contributed by atoms with Crippen LogP contribution in [0, 0.1) is 79.8 Å². The number of amides is 1. The zero-order valence-electron chi connectivity index (χ0n) is 41.2. The molecule has 1 aromatic rings. The van der Waals surface area contributed by atoms with Crippen molar-refractivity contribution >= 4 is 11.9 Å². The predicted molar refractivity (Wildman–Crippen MR) is 250 cm³/mol. The second kappa shape index (κ2) is 17.7. The van der Waals surface area contributed by atoms with Gasteiger partial charge in [0.25, 0.3) is 0 Å². The van der Waals surface area contributed by atoms with E-state index in [4.69, 9.17) is 15.2 Å². The minimum Gasteiger partial charge on any atom is -0.481 e. The number of carbonyl (C=O) groups excluding carboxylic acids is 1. The molecule has 3 heterocycles. The van der Waals surface area contributed by atoms with E-state index in [-0.39, 0.29) is 49.2 Å². The number of hydrogen-bond donors (Lipinski definition) is 12. The third-order valence-electron chi connectivity index (χ3n) is 21.7. The summed E-state index contributed by atoms with van der Waals surface area (Å²) in [5.41, 5.74) is 2.37. The highest BCUT2D eigenvalue weighted by Crippen LogP contribution is 2.79.